The molecule has 0 N–H and O–H groups in total. The quantitative estimate of drug-likeness (QED) is 0.779. The summed E-state index contributed by atoms with van der Waals surface area (Å²) in [6.07, 6.45) is 0. The third-order valence-corrected chi connectivity index (χ3v) is 3.90. The van der Waals surface area contributed by atoms with Gasteiger partial charge < -0.3 is 9.47 Å². The highest BCUT2D eigenvalue weighted by Crippen LogP contribution is 2.40. The van der Waals surface area contributed by atoms with E-state index in [0.717, 1.165) is 16.2 Å². The molecule has 0 radical (unpaired) electrons. The van der Waals surface area contributed by atoms with Crippen molar-refractivity contribution in [1.29, 1.82) is 0 Å². The smallest absolute Gasteiger partial charge is 0.202 e. The van der Waals surface area contributed by atoms with Crippen LogP contribution in [0.15, 0.2) is 10.5 Å². The summed E-state index contributed by atoms with van der Waals surface area (Å²) >= 11 is 4.32. The molecule has 0 atom stereocenters. The SMILES string of the molecule is CC1(c2sc(F)cc2Br)OCCO1. The minimum absolute atomic E-state index is 0.234. The molecule has 5 heteroatoms. The fourth-order valence-corrected chi connectivity index (χ4v) is 3.08. The summed E-state index contributed by atoms with van der Waals surface area (Å²) in [4.78, 5) is 0.752. The Labute approximate surface area is 87.8 Å². The van der Waals surface area contributed by atoms with Gasteiger partial charge in [0.2, 0.25) is 5.79 Å². The van der Waals surface area contributed by atoms with Gasteiger partial charge in [-0.05, 0) is 28.9 Å². The van der Waals surface area contributed by atoms with Crippen LogP contribution in [-0.2, 0) is 15.3 Å². The van der Waals surface area contributed by atoms with E-state index in [4.69, 9.17) is 9.47 Å². The van der Waals surface area contributed by atoms with Crippen molar-refractivity contribution in [3.05, 3.63) is 20.5 Å². The molecule has 0 amide bonds. The van der Waals surface area contributed by atoms with Crippen LogP contribution in [0.1, 0.15) is 11.8 Å². The summed E-state index contributed by atoms with van der Waals surface area (Å²) in [5.41, 5.74) is 0. The van der Waals surface area contributed by atoms with Crippen LogP contribution < -0.4 is 0 Å². The molecule has 0 aromatic carbocycles. The van der Waals surface area contributed by atoms with Crippen molar-refractivity contribution in [3.8, 4) is 0 Å². The zero-order chi connectivity index (χ0) is 9.47. The molecule has 1 fully saturated rings. The highest BCUT2D eigenvalue weighted by Gasteiger charge is 2.36. The van der Waals surface area contributed by atoms with E-state index in [1.807, 2.05) is 0 Å². The van der Waals surface area contributed by atoms with Gasteiger partial charge in [-0.15, -0.1) is 11.3 Å². The molecule has 2 heterocycles. The van der Waals surface area contributed by atoms with Gasteiger partial charge in [0, 0.05) is 4.47 Å². The Kier molecular flexibility index (Phi) is 2.44. The van der Waals surface area contributed by atoms with E-state index in [1.54, 1.807) is 6.92 Å². The molecule has 0 unspecified atom stereocenters. The van der Waals surface area contributed by atoms with Crippen LogP contribution in [0.2, 0.25) is 0 Å². The van der Waals surface area contributed by atoms with E-state index in [0.29, 0.717) is 17.7 Å². The molecule has 0 bridgehead atoms. The second-order valence-electron chi connectivity index (χ2n) is 2.87. The largest absolute Gasteiger partial charge is 0.343 e. The van der Waals surface area contributed by atoms with Crippen molar-refractivity contribution in [1.82, 2.24) is 0 Å². The Morgan fingerprint density at radius 2 is 2.15 bits per heavy atom. The van der Waals surface area contributed by atoms with Crippen molar-refractivity contribution in [2.45, 2.75) is 12.7 Å². The Bertz CT molecular complexity index is 320. The first-order chi connectivity index (χ1) is 6.12. The summed E-state index contributed by atoms with van der Waals surface area (Å²) in [6.45, 7) is 2.92. The Morgan fingerprint density at radius 3 is 2.62 bits per heavy atom. The van der Waals surface area contributed by atoms with Gasteiger partial charge in [0.15, 0.2) is 5.13 Å². The molecule has 0 aliphatic carbocycles. The maximum Gasteiger partial charge on any atom is 0.202 e. The lowest BCUT2D eigenvalue weighted by atomic mass is 10.2. The van der Waals surface area contributed by atoms with Crippen LogP contribution in [0, 0.1) is 5.13 Å². The second kappa shape index (κ2) is 3.31. The van der Waals surface area contributed by atoms with Crippen molar-refractivity contribution in [2.75, 3.05) is 13.2 Å². The molecule has 72 valence electrons. The lowest BCUT2D eigenvalue weighted by Crippen LogP contribution is -2.21. The number of hydrogen-bond acceptors (Lipinski definition) is 3. The summed E-state index contributed by atoms with van der Waals surface area (Å²) in [6, 6.07) is 1.43. The van der Waals surface area contributed by atoms with Crippen LogP contribution in [0.3, 0.4) is 0 Å². The van der Waals surface area contributed by atoms with E-state index in [9.17, 15) is 4.39 Å². The van der Waals surface area contributed by atoms with Crippen LogP contribution >= 0.6 is 27.3 Å². The van der Waals surface area contributed by atoms with Crippen LogP contribution in [-0.4, -0.2) is 13.2 Å². The van der Waals surface area contributed by atoms with Gasteiger partial charge in [-0.1, -0.05) is 0 Å². The van der Waals surface area contributed by atoms with Gasteiger partial charge in [-0.25, -0.2) is 0 Å². The number of hydrogen-bond donors (Lipinski definition) is 0. The predicted molar refractivity (Wildman–Crippen MR) is 51.2 cm³/mol. The zero-order valence-electron chi connectivity index (χ0n) is 6.97. The molecule has 0 saturated carbocycles. The van der Waals surface area contributed by atoms with Gasteiger partial charge in [0.1, 0.15) is 0 Å². The Morgan fingerprint density at radius 1 is 1.54 bits per heavy atom. The minimum Gasteiger partial charge on any atom is -0.343 e. The minimum atomic E-state index is -0.770. The van der Waals surface area contributed by atoms with Gasteiger partial charge in [0.05, 0.1) is 18.1 Å². The van der Waals surface area contributed by atoms with Gasteiger partial charge in [-0.3, -0.25) is 0 Å². The molecule has 2 rings (SSSR count). The van der Waals surface area contributed by atoms with Crippen LogP contribution in [0.4, 0.5) is 4.39 Å². The van der Waals surface area contributed by atoms with E-state index >= 15 is 0 Å². The highest BCUT2D eigenvalue weighted by atomic mass is 79.9. The van der Waals surface area contributed by atoms with Crippen LogP contribution in [0.5, 0.6) is 0 Å². The molecule has 13 heavy (non-hydrogen) atoms. The standard InChI is InChI=1S/C8H8BrFO2S/c1-8(11-2-3-12-8)7-5(9)4-6(10)13-7/h4H,2-3H2,1H3. The third-order valence-electron chi connectivity index (χ3n) is 1.91. The lowest BCUT2D eigenvalue weighted by molar-refractivity contribution is -0.147. The maximum absolute atomic E-state index is 12.9. The van der Waals surface area contributed by atoms with Crippen molar-refractivity contribution in [3.63, 3.8) is 0 Å². The van der Waals surface area contributed by atoms with Gasteiger partial charge in [-0.2, -0.15) is 4.39 Å². The topological polar surface area (TPSA) is 18.5 Å². The molecule has 1 aliphatic heterocycles. The normalized spacial score (nSPS) is 20.8. The lowest BCUT2D eigenvalue weighted by Gasteiger charge is -2.20. The molecular formula is C8H8BrFO2S. The third kappa shape index (κ3) is 1.66. The van der Waals surface area contributed by atoms with Gasteiger partial charge >= 0.3 is 0 Å². The van der Waals surface area contributed by atoms with E-state index in [-0.39, 0.29) is 5.13 Å². The summed E-state index contributed by atoms with van der Waals surface area (Å²) in [7, 11) is 0. The number of halogens is 2. The van der Waals surface area contributed by atoms with Gasteiger partial charge in [0.25, 0.3) is 0 Å². The average molecular weight is 267 g/mol. The highest BCUT2D eigenvalue weighted by molar-refractivity contribution is 9.10. The Hall–Kier alpha value is 0.0300. The summed E-state index contributed by atoms with van der Waals surface area (Å²) < 4.78 is 24.4. The molecule has 1 aromatic rings. The van der Waals surface area contributed by atoms with Crippen molar-refractivity contribution < 1.29 is 13.9 Å². The Balaban J connectivity index is 2.38. The predicted octanol–water partition coefficient (Wildman–Crippen LogP) is 2.87. The number of ether oxygens (including phenoxy) is 2. The molecule has 1 aliphatic rings. The van der Waals surface area contributed by atoms with E-state index in [1.165, 1.54) is 6.07 Å². The second-order valence-corrected chi connectivity index (χ2v) is 4.73. The molecule has 0 spiro atoms. The first-order valence-electron chi connectivity index (χ1n) is 3.85. The summed E-state index contributed by atoms with van der Waals surface area (Å²) in [5, 5.41) is -0.234. The monoisotopic (exact) mass is 266 g/mol. The van der Waals surface area contributed by atoms with Crippen molar-refractivity contribution >= 4 is 27.3 Å². The first kappa shape index (κ1) is 9.58. The van der Waals surface area contributed by atoms with Crippen molar-refractivity contribution in [2.24, 2.45) is 0 Å². The van der Waals surface area contributed by atoms with Crippen LogP contribution in [0.25, 0.3) is 0 Å². The fraction of sp³-hybridized carbons (Fsp3) is 0.500. The average Bonchev–Trinajstić information content (AvgIpc) is 2.59. The van der Waals surface area contributed by atoms with E-state index in [2.05, 4.69) is 15.9 Å². The maximum atomic E-state index is 12.9. The molecule has 1 saturated heterocycles. The van der Waals surface area contributed by atoms with E-state index < -0.39 is 5.79 Å². The number of rotatable bonds is 1. The molecular weight excluding hydrogens is 259 g/mol. The first-order valence-corrected chi connectivity index (χ1v) is 5.46. The molecule has 2 nitrogen and oxygen atoms in total. The number of thiophene rings is 1. The fourth-order valence-electron chi connectivity index (χ4n) is 1.30. The molecule has 1 aromatic heterocycles. The summed E-state index contributed by atoms with van der Waals surface area (Å²) in [5.74, 6) is -0.770. The zero-order valence-corrected chi connectivity index (χ0v) is 9.37.